The Labute approximate surface area is 133 Å². The zero-order chi connectivity index (χ0) is 16.1. The molecule has 2 aliphatic heterocycles. The number of hydrogen-bond acceptors (Lipinski definition) is 3. The van der Waals surface area contributed by atoms with E-state index < -0.39 is 11.6 Å². The zero-order valence-corrected chi connectivity index (χ0v) is 13.2. The van der Waals surface area contributed by atoms with Gasteiger partial charge >= 0.3 is 0 Å². The topological polar surface area (TPSA) is 39.1 Å². The summed E-state index contributed by atoms with van der Waals surface area (Å²) in [4.78, 5) is 0. The van der Waals surface area contributed by atoms with Crippen LogP contribution in [0.5, 0.6) is 5.75 Å². The van der Waals surface area contributed by atoms with Crippen molar-refractivity contribution in [1.29, 1.82) is 0 Å². The van der Waals surface area contributed by atoms with Crippen LogP contribution in [0.1, 0.15) is 36.6 Å². The molecule has 0 radical (unpaired) electrons. The highest BCUT2D eigenvalue weighted by Gasteiger charge is 2.34. The molecule has 23 heavy (non-hydrogen) atoms. The molecule has 0 spiro atoms. The van der Waals surface area contributed by atoms with Crippen LogP contribution in [-0.2, 0) is 13.5 Å². The van der Waals surface area contributed by atoms with Crippen LogP contribution < -0.4 is 10.1 Å². The number of nitrogens with one attached hydrogen (secondary N) is 1. The Balaban J connectivity index is 1.86. The summed E-state index contributed by atoms with van der Waals surface area (Å²) in [7, 11) is 3.09. The van der Waals surface area contributed by atoms with Gasteiger partial charge in [0.05, 0.1) is 24.5 Å². The normalized spacial score (nSPS) is 22.8. The van der Waals surface area contributed by atoms with Gasteiger partial charge in [0.25, 0.3) is 0 Å². The highest BCUT2D eigenvalue weighted by molar-refractivity contribution is 5.67. The molecule has 0 amide bonds. The summed E-state index contributed by atoms with van der Waals surface area (Å²) in [5.74, 6) is -1.72. The molecule has 4 rings (SSSR count). The molecule has 3 heterocycles. The minimum absolute atomic E-state index is 0.255. The third-order valence-electron chi connectivity index (χ3n) is 4.92. The minimum atomic E-state index is -0.688. The maximum absolute atomic E-state index is 14.1. The zero-order valence-electron chi connectivity index (χ0n) is 13.2. The molecule has 1 aromatic heterocycles. The number of aryl methyl sites for hydroxylation is 1. The van der Waals surface area contributed by atoms with Gasteiger partial charge in [-0.05, 0) is 37.8 Å². The minimum Gasteiger partial charge on any atom is -0.491 e. The molecule has 2 atom stereocenters. The molecule has 2 aliphatic rings. The Bertz CT molecular complexity index is 748. The largest absolute Gasteiger partial charge is 0.491 e. The molecular weight excluding hydrogens is 300 g/mol. The molecule has 0 saturated carbocycles. The summed E-state index contributed by atoms with van der Waals surface area (Å²) in [5, 5.41) is 8.23. The molecule has 1 aromatic carbocycles. The Morgan fingerprint density at radius 2 is 2.00 bits per heavy atom. The standard InChI is InChI=1S/C17H19F2N3O/c1-22-16(9-6-12(18)17(23-2)13(19)7-9)11-8-10-4-3-5-14(20-10)15(11)21-22/h6-7,10,14,20H,3-5,8H2,1-2H3/t10-,14+/m1/s1. The maximum Gasteiger partial charge on any atom is 0.190 e. The summed E-state index contributed by atoms with van der Waals surface area (Å²) < 4.78 is 34.7. The Morgan fingerprint density at radius 1 is 1.26 bits per heavy atom. The van der Waals surface area contributed by atoms with Gasteiger partial charge in [-0.3, -0.25) is 4.68 Å². The lowest BCUT2D eigenvalue weighted by Gasteiger charge is -2.35. The highest BCUT2D eigenvalue weighted by Crippen LogP contribution is 2.39. The fraction of sp³-hybridized carbons (Fsp3) is 0.471. The SMILES string of the molecule is COc1c(F)cc(-c2c3c(nn2C)[C@@H]2CCC[C@H](C3)N2)cc1F. The summed E-state index contributed by atoms with van der Waals surface area (Å²) >= 11 is 0. The van der Waals surface area contributed by atoms with E-state index in [1.807, 2.05) is 7.05 Å². The summed E-state index contributed by atoms with van der Waals surface area (Å²) in [6.07, 6.45) is 4.24. The van der Waals surface area contributed by atoms with Crippen LogP contribution in [0.15, 0.2) is 12.1 Å². The van der Waals surface area contributed by atoms with Crippen LogP contribution in [0.2, 0.25) is 0 Å². The molecular formula is C17H19F2N3O. The maximum atomic E-state index is 14.1. The first kappa shape index (κ1) is 14.6. The number of fused-ring (bicyclic) bond motifs is 4. The molecule has 0 aliphatic carbocycles. The number of hydrogen-bond donors (Lipinski definition) is 1. The second-order valence-electron chi connectivity index (χ2n) is 6.36. The Morgan fingerprint density at radius 3 is 2.70 bits per heavy atom. The van der Waals surface area contributed by atoms with Crippen LogP contribution >= 0.6 is 0 Å². The molecule has 2 aromatic rings. The van der Waals surface area contributed by atoms with Gasteiger partial charge < -0.3 is 10.1 Å². The van der Waals surface area contributed by atoms with Crippen molar-refractivity contribution in [3.8, 4) is 17.0 Å². The lowest BCUT2D eigenvalue weighted by atomic mass is 9.84. The van der Waals surface area contributed by atoms with Crippen molar-refractivity contribution >= 4 is 0 Å². The van der Waals surface area contributed by atoms with Gasteiger partial charge in [0.15, 0.2) is 17.4 Å². The van der Waals surface area contributed by atoms with Gasteiger partial charge in [0.2, 0.25) is 0 Å². The Kier molecular flexibility index (Phi) is 3.37. The van der Waals surface area contributed by atoms with E-state index in [0.29, 0.717) is 11.6 Å². The summed E-state index contributed by atoms with van der Waals surface area (Å²) in [6.45, 7) is 0. The van der Waals surface area contributed by atoms with Crippen molar-refractivity contribution in [3.63, 3.8) is 0 Å². The third kappa shape index (κ3) is 2.24. The van der Waals surface area contributed by atoms with Crippen molar-refractivity contribution < 1.29 is 13.5 Å². The number of nitrogens with zero attached hydrogens (tertiary/aromatic N) is 2. The van der Waals surface area contributed by atoms with Gasteiger partial charge in [-0.25, -0.2) is 8.78 Å². The van der Waals surface area contributed by atoms with Crippen molar-refractivity contribution in [1.82, 2.24) is 15.1 Å². The smallest absolute Gasteiger partial charge is 0.190 e. The van der Waals surface area contributed by atoms with Gasteiger partial charge in [-0.2, -0.15) is 5.10 Å². The van der Waals surface area contributed by atoms with Crippen molar-refractivity contribution in [2.24, 2.45) is 7.05 Å². The highest BCUT2D eigenvalue weighted by atomic mass is 19.1. The Hall–Kier alpha value is -1.95. The van der Waals surface area contributed by atoms with E-state index in [-0.39, 0.29) is 11.8 Å². The first-order valence-electron chi connectivity index (χ1n) is 7.93. The molecule has 122 valence electrons. The van der Waals surface area contributed by atoms with Crippen LogP contribution in [0.25, 0.3) is 11.3 Å². The van der Waals surface area contributed by atoms with Crippen molar-refractivity contribution in [2.45, 2.75) is 37.8 Å². The van der Waals surface area contributed by atoms with Crippen LogP contribution in [0.4, 0.5) is 8.78 Å². The van der Waals surface area contributed by atoms with Crippen LogP contribution in [0.3, 0.4) is 0 Å². The third-order valence-corrected chi connectivity index (χ3v) is 4.92. The lowest BCUT2D eigenvalue weighted by molar-refractivity contribution is 0.297. The van der Waals surface area contributed by atoms with Gasteiger partial charge in [0, 0.05) is 24.2 Å². The number of ether oxygens (including phenoxy) is 1. The molecule has 1 saturated heterocycles. The van der Waals surface area contributed by atoms with E-state index in [2.05, 4.69) is 10.4 Å². The van der Waals surface area contributed by atoms with Crippen molar-refractivity contribution in [3.05, 3.63) is 35.0 Å². The fourth-order valence-electron chi connectivity index (χ4n) is 3.97. The number of rotatable bonds is 2. The second kappa shape index (κ2) is 5.30. The van der Waals surface area contributed by atoms with E-state index in [0.717, 1.165) is 36.2 Å². The number of benzene rings is 1. The molecule has 4 nitrogen and oxygen atoms in total. The predicted molar refractivity (Wildman–Crippen MR) is 82.3 cm³/mol. The first-order chi connectivity index (χ1) is 11.1. The van der Waals surface area contributed by atoms with Crippen LogP contribution in [0, 0.1) is 11.6 Å². The first-order valence-corrected chi connectivity index (χ1v) is 7.93. The number of methoxy groups -OCH3 is 1. The van der Waals surface area contributed by atoms with E-state index in [1.165, 1.54) is 25.7 Å². The number of halogens is 2. The molecule has 6 heteroatoms. The predicted octanol–water partition coefficient (Wildman–Crippen LogP) is 3.11. The average molecular weight is 319 g/mol. The van der Waals surface area contributed by atoms with E-state index in [9.17, 15) is 8.78 Å². The van der Waals surface area contributed by atoms with E-state index in [4.69, 9.17) is 4.74 Å². The average Bonchev–Trinajstić information content (AvgIpc) is 2.83. The van der Waals surface area contributed by atoms with Gasteiger partial charge in [-0.15, -0.1) is 0 Å². The van der Waals surface area contributed by atoms with Crippen molar-refractivity contribution in [2.75, 3.05) is 7.11 Å². The lowest BCUT2D eigenvalue weighted by Crippen LogP contribution is -2.42. The van der Waals surface area contributed by atoms with E-state index >= 15 is 0 Å². The molecule has 2 bridgehead atoms. The molecule has 1 fully saturated rings. The number of aromatic nitrogens is 2. The summed E-state index contributed by atoms with van der Waals surface area (Å²) in [5.41, 5.74) is 3.45. The number of piperidine rings is 1. The summed E-state index contributed by atoms with van der Waals surface area (Å²) in [6, 6.07) is 3.34. The quantitative estimate of drug-likeness (QED) is 0.924. The molecule has 1 N–H and O–H groups in total. The monoisotopic (exact) mass is 319 g/mol. The van der Waals surface area contributed by atoms with Gasteiger partial charge in [0.1, 0.15) is 0 Å². The molecule has 0 unspecified atom stereocenters. The van der Waals surface area contributed by atoms with Crippen LogP contribution in [-0.4, -0.2) is 22.9 Å². The second-order valence-corrected chi connectivity index (χ2v) is 6.36. The van der Waals surface area contributed by atoms with E-state index in [1.54, 1.807) is 4.68 Å². The van der Waals surface area contributed by atoms with Gasteiger partial charge in [-0.1, -0.05) is 0 Å². The fourth-order valence-corrected chi connectivity index (χ4v) is 3.97.